The predicted octanol–water partition coefficient (Wildman–Crippen LogP) is 4.36. The van der Waals surface area contributed by atoms with Gasteiger partial charge in [0.25, 0.3) is 11.6 Å². The summed E-state index contributed by atoms with van der Waals surface area (Å²) in [6, 6.07) is 10.1. The van der Waals surface area contributed by atoms with Crippen LogP contribution in [-0.2, 0) is 0 Å². The topological polar surface area (TPSA) is 121 Å². The number of aromatic amines is 1. The number of aromatic nitrogens is 1. The number of nitrogens with zero attached hydrogens (tertiary/aromatic N) is 3. The average Bonchev–Trinajstić information content (AvgIpc) is 2.87. The lowest BCUT2D eigenvalue weighted by Gasteiger charge is -1.95. The number of fused-ring (bicyclic) bond motifs is 1. The Morgan fingerprint density at radius 1 is 1.25 bits per heavy atom. The van der Waals surface area contributed by atoms with Crippen LogP contribution in [0, 0.1) is 10.1 Å². The van der Waals surface area contributed by atoms with Gasteiger partial charge >= 0.3 is 0 Å². The second-order valence-corrected chi connectivity index (χ2v) is 5.26. The summed E-state index contributed by atoms with van der Waals surface area (Å²) in [5, 5.41) is 28.7. The smallest absolute Gasteiger partial charge is 0.295 e. The number of hydrogen-bond acceptors (Lipinski definition) is 5. The number of H-pyrrole nitrogens is 1. The van der Waals surface area contributed by atoms with Crippen LogP contribution in [0.25, 0.3) is 10.9 Å². The minimum Gasteiger partial charge on any atom is -0.493 e. The number of azo groups is 1. The summed E-state index contributed by atoms with van der Waals surface area (Å²) in [6.45, 7) is 0. The van der Waals surface area contributed by atoms with Crippen LogP contribution < -0.4 is 0 Å². The van der Waals surface area contributed by atoms with Gasteiger partial charge in [-0.1, -0.05) is 17.7 Å². The van der Waals surface area contributed by atoms with Crippen LogP contribution in [0.15, 0.2) is 52.7 Å². The third-order valence-electron chi connectivity index (χ3n) is 3.26. The summed E-state index contributed by atoms with van der Waals surface area (Å²) in [4.78, 5) is 24.9. The molecule has 1 amide bonds. The van der Waals surface area contributed by atoms with Gasteiger partial charge in [-0.3, -0.25) is 14.9 Å². The first kappa shape index (κ1) is 15.6. The van der Waals surface area contributed by atoms with Crippen molar-refractivity contribution in [2.24, 2.45) is 10.2 Å². The van der Waals surface area contributed by atoms with Crippen molar-refractivity contribution in [3.8, 4) is 5.88 Å². The molecule has 9 heteroatoms. The summed E-state index contributed by atoms with van der Waals surface area (Å²) in [5.74, 6) is -0.996. The first-order chi connectivity index (χ1) is 11.5. The molecule has 1 heterocycles. The van der Waals surface area contributed by atoms with E-state index < -0.39 is 10.8 Å². The van der Waals surface area contributed by atoms with Crippen molar-refractivity contribution < 1.29 is 14.8 Å². The van der Waals surface area contributed by atoms with Crippen LogP contribution in [-0.4, -0.2) is 20.9 Å². The zero-order chi connectivity index (χ0) is 17.3. The molecule has 0 aliphatic rings. The number of benzene rings is 2. The number of halogens is 1. The van der Waals surface area contributed by atoms with Gasteiger partial charge in [-0.2, -0.15) is 0 Å². The number of rotatable bonds is 3. The molecule has 3 rings (SSSR count). The normalized spacial score (nSPS) is 11.2. The van der Waals surface area contributed by atoms with Gasteiger partial charge in [0, 0.05) is 28.1 Å². The van der Waals surface area contributed by atoms with Gasteiger partial charge in [-0.15, -0.1) is 10.2 Å². The van der Waals surface area contributed by atoms with Crippen LogP contribution in [0.3, 0.4) is 0 Å². The number of aromatic hydroxyl groups is 1. The van der Waals surface area contributed by atoms with Crippen LogP contribution in [0.2, 0.25) is 5.02 Å². The van der Waals surface area contributed by atoms with E-state index in [1.807, 2.05) is 0 Å². The molecule has 3 aromatic rings. The maximum Gasteiger partial charge on any atom is 0.295 e. The highest BCUT2D eigenvalue weighted by atomic mass is 35.5. The summed E-state index contributed by atoms with van der Waals surface area (Å²) in [5.41, 5.74) is 0.446. The lowest BCUT2D eigenvalue weighted by molar-refractivity contribution is -0.384. The molecule has 24 heavy (non-hydrogen) atoms. The predicted molar refractivity (Wildman–Crippen MR) is 86.9 cm³/mol. The molecule has 0 radical (unpaired) electrons. The van der Waals surface area contributed by atoms with Crippen molar-refractivity contribution in [1.29, 1.82) is 0 Å². The molecule has 0 bridgehead atoms. The number of nitro groups is 1. The SMILES string of the molecule is O=C(N=Nc1c(O)[nH]c2ccc([N+](=O)[O-])cc12)c1cccc(Cl)c1. The molecule has 0 spiro atoms. The van der Waals surface area contributed by atoms with Gasteiger partial charge in [-0.05, 0) is 24.3 Å². The molecule has 2 N–H and O–H groups in total. The summed E-state index contributed by atoms with van der Waals surface area (Å²) in [7, 11) is 0. The number of carbonyl (C=O) groups is 1. The van der Waals surface area contributed by atoms with Crippen LogP contribution in [0.4, 0.5) is 11.4 Å². The van der Waals surface area contributed by atoms with Crippen molar-refractivity contribution >= 4 is 39.8 Å². The zero-order valence-corrected chi connectivity index (χ0v) is 12.7. The Kier molecular flexibility index (Phi) is 3.97. The molecule has 0 saturated heterocycles. The second kappa shape index (κ2) is 6.09. The van der Waals surface area contributed by atoms with Crippen LogP contribution in [0.5, 0.6) is 5.88 Å². The fourth-order valence-electron chi connectivity index (χ4n) is 2.14. The zero-order valence-electron chi connectivity index (χ0n) is 11.9. The van der Waals surface area contributed by atoms with E-state index in [1.54, 1.807) is 12.1 Å². The summed E-state index contributed by atoms with van der Waals surface area (Å²) in [6.07, 6.45) is 0. The molecule has 1 aromatic heterocycles. The maximum absolute atomic E-state index is 12.0. The van der Waals surface area contributed by atoms with Gasteiger partial charge in [0.05, 0.1) is 10.4 Å². The number of carbonyl (C=O) groups excluding carboxylic acids is 1. The van der Waals surface area contributed by atoms with E-state index in [2.05, 4.69) is 15.2 Å². The molecular formula is C15H9ClN4O4. The molecular weight excluding hydrogens is 336 g/mol. The molecule has 0 aliphatic carbocycles. The summed E-state index contributed by atoms with van der Waals surface area (Å²) < 4.78 is 0. The van der Waals surface area contributed by atoms with E-state index in [0.717, 1.165) is 0 Å². The van der Waals surface area contributed by atoms with Crippen LogP contribution in [0.1, 0.15) is 10.4 Å². The highest BCUT2D eigenvalue weighted by molar-refractivity contribution is 6.30. The fraction of sp³-hybridized carbons (Fsp3) is 0. The van der Waals surface area contributed by atoms with Gasteiger partial charge in [0.1, 0.15) is 0 Å². The highest BCUT2D eigenvalue weighted by Crippen LogP contribution is 2.37. The number of amides is 1. The number of hydrogen-bond donors (Lipinski definition) is 2. The standard InChI is InChI=1S/C15H9ClN4O4/c16-9-3-1-2-8(6-9)14(21)19-18-13-11-7-10(20(23)24)4-5-12(11)17-15(13)22/h1-7,17,22H. The van der Waals surface area contributed by atoms with E-state index in [9.17, 15) is 20.0 Å². The fourth-order valence-corrected chi connectivity index (χ4v) is 2.33. The van der Waals surface area contributed by atoms with Gasteiger partial charge < -0.3 is 10.1 Å². The molecule has 0 fully saturated rings. The van der Waals surface area contributed by atoms with E-state index in [1.165, 1.54) is 30.3 Å². The van der Waals surface area contributed by atoms with Crippen molar-refractivity contribution in [2.45, 2.75) is 0 Å². The van der Waals surface area contributed by atoms with Gasteiger partial charge in [0.2, 0.25) is 5.88 Å². The van der Waals surface area contributed by atoms with Gasteiger partial charge in [0.15, 0.2) is 5.69 Å². The number of nitrogens with one attached hydrogen (secondary N) is 1. The first-order valence-corrected chi connectivity index (χ1v) is 7.04. The first-order valence-electron chi connectivity index (χ1n) is 6.66. The monoisotopic (exact) mass is 344 g/mol. The minimum atomic E-state index is -0.656. The number of non-ortho nitro benzene ring substituents is 1. The van der Waals surface area contributed by atoms with Crippen molar-refractivity contribution in [3.63, 3.8) is 0 Å². The Balaban J connectivity index is 1.99. The molecule has 0 unspecified atom stereocenters. The third kappa shape index (κ3) is 2.95. The largest absolute Gasteiger partial charge is 0.493 e. The Labute approximate surface area is 139 Å². The van der Waals surface area contributed by atoms with Crippen molar-refractivity contribution in [3.05, 3.63) is 63.2 Å². The lowest BCUT2D eigenvalue weighted by Crippen LogP contribution is -1.92. The van der Waals surface area contributed by atoms with E-state index in [4.69, 9.17) is 11.6 Å². The van der Waals surface area contributed by atoms with E-state index in [-0.39, 0.29) is 28.2 Å². The van der Waals surface area contributed by atoms with Crippen molar-refractivity contribution in [2.75, 3.05) is 0 Å². The third-order valence-corrected chi connectivity index (χ3v) is 3.49. The Bertz CT molecular complexity index is 996. The Morgan fingerprint density at radius 2 is 2.04 bits per heavy atom. The van der Waals surface area contributed by atoms with E-state index in [0.29, 0.717) is 10.5 Å². The van der Waals surface area contributed by atoms with E-state index >= 15 is 0 Å². The molecule has 0 saturated carbocycles. The molecule has 8 nitrogen and oxygen atoms in total. The van der Waals surface area contributed by atoms with Crippen LogP contribution >= 0.6 is 11.6 Å². The highest BCUT2D eigenvalue weighted by Gasteiger charge is 2.15. The van der Waals surface area contributed by atoms with Crippen molar-refractivity contribution in [1.82, 2.24) is 4.98 Å². The Hall–Kier alpha value is -3.26. The molecule has 0 atom stereocenters. The minimum absolute atomic E-state index is 0.0518. The van der Waals surface area contributed by atoms with Gasteiger partial charge in [-0.25, -0.2) is 0 Å². The molecule has 2 aromatic carbocycles. The number of nitro benzene ring substituents is 1. The molecule has 120 valence electrons. The second-order valence-electron chi connectivity index (χ2n) is 4.82. The quantitative estimate of drug-likeness (QED) is 0.416. The maximum atomic E-state index is 12.0. The Morgan fingerprint density at radius 3 is 2.75 bits per heavy atom. The summed E-state index contributed by atoms with van der Waals surface area (Å²) >= 11 is 5.81. The lowest BCUT2D eigenvalue weighted by atomic mass is 10.2. The molecule has 0 aliphatic heterocycles. The average molecular weight is 345 g/mol.